The monoisotopic (exact) mass is 494 g/mol. The molecule has 2 aliphatic rings. The van der Waals surface area contributed by atoms with Crippen molar-refractivity contribution in [2.45, 2.75) is 42.3 Å². The van der Waals surface area contributed by atoms with Crippen molar-refractivity contribution < 1.29 is 27.4 Å². The van der Waals surface area contributed by atoms with E-state index < -0.39 is 28.2 Å². The highest BCUT2D eigenvalue weighted by Gasteiger charge is 2.50. The fourth-order valence-corrected chi connectivity index (χ4v) is 6.80. The summed E-state index contributed by atoms with van der Waals surface area (Å²) in [5.41, 5.74) is 0. The number of fused-ring (bicyclic) bond motifs is 2. The van der Waals surface area contributed by atoms with E-state index in [1.165, 1.54) is 22.5 Å². The molecule has 2 saturated heterocycles. The Kier molecular flexibility index (Phi) is 8.59. The largest absolute Gasteiger partial charge is 0.383 e. The van der Waals surface area contributed by atoms with E-state index in [4.69, 9.17) is 37.4 Å². The summed E-state index contributed by atoms with van der Waals surface area (Å²) in [6.07, 6.45) is 1.27. The second-order valence-electron chi connectivity index (χ2n) is 7.63. The smallest absolute Gasteiger partial charge is 0.244 e. The van der Waals surface area contributed by atoms with Crippen molar-refractivity contribution in [3.8, 4) is 0 Å². The van der Waals surface area contributed by atoms with E-state index in [0.717, 1.165) is 6.42 Å². The zero-order chi connectivity index (χ0) is 22.6. The van der Waals surface area contributed by atoms with Gasteiger partial charge in [-0.3, -0.25) is 4.79 Å². The minimum absolute atomic E-state index is 0.0318. The van der Waals surface area contributed by atoms with Crippen LogP contribution < -0.4 is 0 Å². The normalized spacial score (nSPS) is 25.0. The summed E-state index contributed by atoms with van der Waals surface area (Å²) < 4.78 is 45.1. The number of carbonyl (C=O) groups excluding carboxylic acids is 1. The van der Waals surface area contributed by atoms with Gasteiger partial charge in [-0.15, -0.1) is 0 Å². The molecule has 174 valence electrons. The zero-order valence-corrected chi connectivity index (χ0v) is 20.0. The Morgan fingerprint density at radius 2 is 1.71 bits per heavy atom. The molecule has 8 nitrogen and oxygen atoms in total. The highest BCUT2D eigenvalue weighted by molar-refractivity contribution is 7.89. The van der Waals surface area contributed by atoms with Gasteiger partial charge in [0.15, 0.2) is 0 Å². The lowest BCUT2D eigenvalue weighted by molar-refractivity contribution is -0.135. The predicted octanol–water partition coefficient (Wildman–Crippen LogP) is 2.43. The molecule has 0 radical (unpaired) electrons. The molecule has 31 heavy (non-hydrogen) atoms. The van der Waals surface area contributed by atoms with Gasteiger partial charge < -0.3 is 19.1 Å². The number of rotatable bonds is 9. The number of hydrogen-bond acceptors (Lipinski definition) is 6. The maximum Gasteiger partial charge on any atom is 0.244 e. The van der Waals surface area contributed by atoms with Crippen LogP contribution in [-0.2, 0) is 29.0 Å². The highest BCUT2D eigenvalue weighted by Crippen LogP contribution is 2.37. The van der Waals surface area contributed by atoms with E-state index >= 15 is 0 Å². The molecule has 2 fully saturated rings. The van der Waals surface area contributed by atoms with Gasteiger partial charge in [-0.05, 0) is 37.5 Å². The molecule has 0 aliphatic carbocycles. The van der Waals surface area contributed by atoms with Gasteiger partial charge in [-0.1, -0.05) is 23.2 Å². The Hall–Kier alpha value is -0.940. The number of nitrogens with zero attached hydrogens (tertiary/aromatic N) is 2. The van der Waals surface area contributed by atoms with Gasteiger partial charge in [0, 0.05) is 37.4 Å². The summed E-state index contributed by atoms with van der Waals surface area (Å²) in [7, 11) is -0.923. The Morgan fingerprint density at radius 1 is 1.03 bits per heavy atom. The molecule has 1 amide bonds. The molecular formula is C20H28Cl2N2O6S. The molecule has 1 aromatic carbocycles. The number of benzene rings is 1. The van der Waals surface area contributed by atoms with Crippen molar-refractivity contribution >= 4 is 39.1 Å². The number of sulfonamides is 1. The van der Waals surface area contributed by atoms with Crippen molar-refractivity contribution in [2.75, 3.05) is 47.1 Å². The van der Waals surface area contributed by atoms with Crippen LogP contribution >= 0.6 is 23.2 Å². The topological polar surface area (TPSA) is 85.4 Å². The van der Waals surface area contributed by atoms with E-state index in [2.05, 4.69) is 0 Å². The first-order valence-corrected chi connectivity index (χ1v) is 12.4. The van der Waals surface area contributed by atoms with Crippen molar-refractivity contribution in [3.05, 3.63) is 28.2 Å². The van der Waals surface area contributed by atoms with E-state index in [1.54, 1.807) is 19.1 Å². The van der Waals surface area contributed by atoms with Crippen molar-refractivity contribution in [3.63, 3.8) is 0 Å². The van der Waals surface area contributed by atoms with Crippen LogP contribution in [0.5, 0.6) is 0 Å². The lowest BCUT2D eigenvalue weighted by atomic mass is 9.96. The molecule has 11 heteroatoms. The van der Waals surface area contributed by atoms with Gasteiger partial charge in [0.05, 0.1) is 36.9 Å². The fourth-order valence-electron chi connectivity index (χ4n) is 4.22. The van der Waals surface area contributed by atoms with Crippen molar-refractivity contribution in [1.82, 2.24) is 9.21 Å². The molecule has 2 bridgehead atoms. The minimum atomic E-state index is -4.06. The van der Waals surface area contributed by atoms with Crippen LogP contribution in [0.15, 0.2) is 23.1 Å². The maximum atomic E-state index is 13.7. The van der Waals surface area contributed by atoms with Crippen LogP contribution in [0.25, 0.3) is 0 Å². The molecular weight excluding hydrogens is 467 g/mol. The fraction of sp³-hybridized carbons (Fsp3) is 0.650. The number of amides is 1. The molecule has 0 aromatic heterocycles. The summed E-state index contributed by atoms with van der Waals surface area (Å²) in [4.78, 5) is 15.0. The van der Waals surface area contributed by atoms with Crippen LogP contribution in [0.1, 0.15) is 19.3 Å². The molecule has 0 N–H and O–H groups in total. The van der Waals surface area contributed by atoms with Crippen LogP contribution in [-0.4, -0.2) is 88.8 Å². The number of piperidine rings is 1. The first-order valence-electron chi connectivity index (χ1n) is 10.2. The first-order chi connectivity index (χ1) is 14.8. The molecule has 1 unspecified atom stereocenters. The number of carbonyl (C=O) groups is 1. The molecule has 3 atom stereocenters. The molecule has 1 aromatic rings. The minimum Gasteiger partial charge on any atom is -0.383 e. The molecule has 0 spiro atoms. The first kappa shape index (κ1) is 24.7. The number of halogens is 2. The average Bonchev–Trinajstić information content (AvgIpc) is 2.79. The van der Waals surface area contributed by atoms with Gasteiger partial charge in [0.1, 0.15) is 6.04 Å². The quantitative estimate of drug-likeness (QED) is 0.490. The van der Waals surface area contributed by atoms with E-state index in [1.807, 2.05) is 0 Å². The van der Waals surface area contributed by atoms with Gasteiger partial charge in [-0.2, -0.15) is 4.31 Å². The Morgan fingerprint density at radius 3 is 2.35 bits per heavy atom. The Bertz CT molecular complexity index is 864. The van der Waals surface area contributed by atoms with Crippen molar-refractivity contribution in [1.29, 1.82) is 0 Å². The van der Waals surface area contributed by atoms with E-state index in [9.17, 15) is 13.2 Å². The van der Waals surface area contributed by atoms with E-state index in [-0.39, 0.29) is 27.4 Å². The van der Waals surface area contributed by atoms with Crippen LogP contribution in [0.2, 0.25) is 10.0 Å². The molecule has 3 rings (SSSR count). The summed E-state index contributed by atoms with van der Waals surface area (Å²) in [5.74, 6) is -0.240. The van der Waals surface area contributed by atoms with Crippen molar-refractivity contribution in [2.24, 2.45) is 0 Å². The SMILES string of the molecule is COCCO[C@H]1CN(CCOC)C(=O)C2CCC[C@@H]1N2S(=O)(=O)c1cc(Cl)cc(Cl)c1. The summed E-state index contributed by atoms with van der Waals surface area (Å²) in [6.45, 7) is 1.67. The molecule has 2 heterocycles. The standard InChI is InChI=1S/C20H28Cl2N2O6S/c1-28-7-6-23-13-19(30-9-8-29-2)17-4-3-5-18(20(23)25)24(17)31(26,27)16-11-14(21)10-15(22)12-16/h10-12,17-19H,3-9,13H2,1-2H3/t17-,18?,19-/m0/s1. The van der Waals surface area contributed by atoms with Gasteiger partial charge in [0.2, 0.25) is 15.9 Å². The second kappa shape index (κ2) is 10.8. The number of ether oxygens (including phenoxy) is 3. The second-order valence-corrected chi connectivity index (χ2v) is 10.3. The third kappa shape index (κ3) is 5.52. The summed E-state index contributed by atoms with van der Waals surface area (Å²) >= 11 is 12.2. The van der Waals surface area contributed by atoms with Crippen LogP contribution in [0, 0.1) is 0 Å². The maximum absolute atomic E-state index is 13.7. The molecule has 0 saturated carbocycles. The van der Waals surface area contributed by atoms with Crippen LogP contribution in [0.4, 0.5) is 0 Å². The zero-order valence-electron chi connectivity index (χ0n) is 17.6. The lowest BCUT2D eigenvalue weighted by Gasteiger charge is -2.40. The Labute approximate surface area is 193 Å². The number of hydrogen-bond donors (Lipinski definition) is 0. The molecule has 2 aliphatic heterocycles. The highest BCUT2D eigenvalue weighted by atomic mass is 35.5. The summed E-state index contributed by atoms with van der Waals surface area (Å²) in [5, 5.41) is 0.430. The van der Waals surface area contributed by atoms with Gasteiger partial charge in [-0.25, -0.2) is 8.42 Å². The third-order valence-electron chi connectivity index (χ3n) is 5.63. The average molecular weight is 495 g/mol. The predicted molar refractivity (Wildman–Crippen MR) is 117 cm³/mol. The Balaban J connectivity index is 2.03. The van der Waals surface area contributed by atoms with E-state index in [0.29, 0.717) is 39.2 Å². The number of methoxy groups -OCH3 is 2. The lowest BCUT2D eigenvalue weighted by Crippen LogP contribution is -2.56. The third-order valence-corrected chi connectivity index (χ3v) is 7.98. The summed E-state index contributed by atoms with van der Waals surface area (Å²) in [6, 6.07) is 2.89. The van der Waals surface area contributed by atoms with Gasteiger partial charge in [0.25, 0.3) is 0 Å². The van der Waals surface area contributed by atoms with Gasteiger partial charge >= 0.3 is 0 Å². The van der Waals surface area contributed by atoms with Crippen LogP contribution in [0.3, 0.4) is 0 Å².